The van der Waals surface area contributed by atoms with Crippen LogP contribution in [-0.2, 0) is 0 Å². The predicted octanol–water partition coefficient (Wildman–Crippen LogP) is 1.36. The third-order valence-electron chi connectivity index (χ3n) is 2.46. The Hall–Kier alpha value is -2.21. The van der Waals surface area contributed by atoms with Gasteiger partial charge < -0.3 is 5.32 Å². The van der Waals surface area contributed by atoms with Gasteiger partial charge >= 0.3 is 0 Å². The molecule has 0 bridgehead atoms. The Bertz CT molecular complexity index is 614. The van der Waals surface area contributed by atoms with Gasteiger partial charge in [-0.3, -0.25) is 15.6 Å². The molecule has 19 heavy (non-hydrogen) atoms. The highest BCUT2D eigenvalue weighted by Gasteiger charge is 2.07. The number of fused-ring (bicyclic) bond motifs is 1. The van der Waals surface area contributed by atoms with E-state index in [1.54, 1.807) is 6.07 Å². The van der Waals surface area contributed by atoms with Crippen molar-refractivity contribution in [1.29, 1.82) is 0 Å². The first kappa shape index (κ1) is 13.2. The topological polar surface area (TPSA) is 66.0 Å². The Balaban J connectivity index is 2.07. The molecule has 0 saturated carbocycles. The number of benzene rings is 1. The largest absolute Gasteiger partial charge is 0.362 e. The second-order valence-electron chi connectivity index (χ2n) is 3.83. The van der Waals surface area contributed by atoms with Crippen LogP contribution >= 0.6 is 12.2 Å². The number of pyridine rings is 1. The first-order valence-electron chi connectivity index (χ1n) is 5.90. The van der Waals surface area contributed by atoms with Crippen LogP contribution in [0.4, 0.5) is 0 Å². The summed E-state index contributed by atoms with van der Waals surface area (Å²) in [5.74, 6) is -0.328. The monoisotopic (exact) mass is 274 g/mol. The molecule has 2 aromatic rings. The van der Waals surface area contributed by atoms with Crippen LogP contribution < -0.4 is 16.2 Å². The third kappa shape index (κ3) is 3.38. The quantitative estimate of drug-likeness (QED) is 0.570. The molecular weight excluding hydrogens is 260 g/mol. The second-order valence-corrected chi connectivity index (χ2v) is 4.24. The van der Waals surface area contributed by atoms with Gasteiger partial charge in [0, 0.05) is 11.9 Å². The number of thiocarbonyl (C=S) groups is 1. The van der Waals surface area contributed by atoms with E-state index in [2.05, 4.69) is 21.2 Å². The number of hydrogen-bond acceptors (Lipinski definition) is 3. The Morgan fingerprint density at radius 1 is 1.21 bits per heavy atom. The number of carbonyl (C=O) groups excluding carboxylic acids is 1. The highest BCUT2D eigenvalue weighted by Crippen LogP contribution is 2.11. The summed E-state index contributed by atoms with van der Waals surface area (Å²) in [7, 11) is 0. The van der Waals surface area contributed by atoms with Gasteiger partial charge in [-0.25, -0.2) is 4.98 Å². The maximum Gasteiger partial charge on any atom is 0.288 e. The second kappa shape index (κ2) is 6.10. The number of hydrazine groups is 1. The molecule has 0 radical (unpaired) electrons. The lowest BCUT2D eigenvalue weighted by molar-refractivity contribution is 0.0939. The Morgan fingerprint density at radius 2 is 2.00 bits per heavy atom. The molecule has 0 atom stereocenters. The number of carbonyl (C=O) groups is 1. The van der Waals surface area contributed by atoms with E-state index < -0.39 is 0 Å². The summed E-state index contributed by atoms with van der Waals surface area (Å²) < 4.78 is 0. The number of amides is 1. The lowest BCUT2D eigenvalue weighted by Gasteiger charge is -2.09. The Labute approximate surface area is 116 Å². The van der Waals surface area contributed by atoms with Crippen molar-refractivity contribution in [2.45, 2.75) is 6.92 Å². The van der Waals surface area contributed by atoms with Gasteiger partial charge in [-0.1, -0.05) is 24.3 Å². The van der Waals surface area contributed by atoms with Crippen molar-refractivity contribution in [3.05, 3.63) is 42.1 Å². The minimum Gasteiger partial charge on any atom is -0.362 e. The first-order valence-corrected chi connectivity index (χ1v) is 6.31. The summed E-state index contributed by atoms with van der Waals surface area (Å²) in [5, 5.41) is 4.23. The normalized spacial score (nSPS) is 9.95. The zero-order valence-electron chi connectivity index (χ0n) is 10.4. The predicted molar refractivity (Wildman–Crippen MR) is 78.6 cm³/mol. The number of para-hydroxylation sites is 1. The molecule has 3 N–H and O–H groups in total. The third-order valence-corrected chi connectivity index (χ3v) is 2.70. The van der Waals surface area contributed by atoms with Crippen LogP contribution in [-0.4, -0.2) is 22.5 Å². The summed E-state index contributed by atoms with van der Waals surface area (Å²) in [6, 6.07) is 11.2. The lowest BCUT2D eigenvalue weighted by Crippen LogP contribution is -2.46. The molecule has 1 amide bonds. The molecule has 1 aromatic carbocycles. The van der Waals surface area contributed by atoms with Crippen LogP contribution in [0.1, 0.15) is 17.4 Å². The van der Waals surface area contributed by atoms with Crippen LogP contribution in [0.5, 0.6) is 0 Å². The molecule has 0 spiro atoms. The average Bonchev–Trinajstić information content (AvgIpc) is 2.44. The molecule has 6 heteroatoms. The van der Waals surface area contributed by atoms with E-state index in [0.717, 1.165) is 10.9 Å². The number of nitrogens with one attached hydrogen (secondary N) is 3. The van der Waals surface area contributed by atoms with Gasteiger partial charge in [0.2, 0.25) is 0 Å². The van der Waals surface area contributed by atoms with Crippen LogP contribution in [0.2, 0.25) is 0 Å². The summed E-state index contributed by atoms with van der Waals surface area (Å²) in [6.07, 6.45) is 0. The van der Waals surface area contributed by atoms with Gasteiger partial charge in [0.25, 0.3) is 5.91 Å². The summed E-state index contributed by atoms with van der Waals surface area (Å²) in [5.41, 5.74) is 6.22. The standard InChI is InChI=1S/C13H14N4OS/c1-2-14-13(19)17-16-12(18)11-8-7-9-5-3-4-6-10(9)15-11/h3-8H,2H2,1H3,(H,16,18)(H2,14,17,19). The average molecular weight is 274 g/mol. The number of nitrogens with zero attached hydrogens (tertiary/aromatic N) is 1. The SMILES string of the molecule is CCNC(=S)NNC(=O)c1ccc2ccccc2n1. The zero-order valence-corrected chi connectivity index (χ0v) is 11.3. The minimum atomic E-state index is -0.328. The van der Waals surface area contributed by atoms with Crippen molar-refractivity contribution < 1.29 is 4.79 Å². The van der Waals surface area contributed by atoms with Gasteiger partial charge in [0.15, 0.2) is 5.11 Å². The van der Waals surface area contributed by atoms with Gasteiger partial charge in [0.05, 0.1) is 5.52 Å². The maximum absolute atomic E-state index is 11.9. The summed E-state index contributed by atoms with van der Waals surface area (Å²) in [4.78, 5) is 16.2. The molecule has 0 saturated heterocycles. The van der Waals surface area contributed by atoms with Crippen molar-refractivity contribution in [1.82, 2.24) is 21.2 Å². The summed E-state index contributed by atoms with van der Waals surface area (Å²) >= 11 is 4.94. The van der Waals surface area contributed by atoms with Gasteiger partial charge in [-0.15, -0.1) is 0 Å². The van der Waals surface area contributed by atoms with E-state index in [9.17, 15) is 4.79 Å². The van der Waals surface area contributed by atoms with E-state index in [4.69, 9.17) is 12.2 Å². The van der Waals surface area contributed by atoms with Crippen molar-refractivity contribution in [3.8, 4) is 0 Å². The summed E-state index contributed by atoms with van der Waals surface area (Å²) in [6.45, 7) is 2.61. The lowest BCUT2D eigenvalue weighted by atomic mass is 10.2. The van der Waals surface area contributed by atoms with Crippen LogP contribution in [0.15, 0.2) is 36.4 Å². The highest BCUT2D eigenvalue weighted by molar-refractivity contribution is 7.80. The van der Waals surface area contributed by atoms with Crippen LogP contribution in [0.25, 0.3) is 10.9 Å². The molecule has 98 valence electrons. The molecule has 2 rings (SSSR count). The van der Waals surface area contributed by atoms with Crippen molar-refractivity contribution in [2.75, 3.05) is 6.54 Å². The molecule has 0 unspecified atom stereocenters. The van der Waals surface area contributed by atoms with E-state index in [1.165, 1.54) is 0 Å². The fourth-order valence-electron chi connectivity index (χ4n) is 1.57. The molecule has 5 nitrogen and oxygen atoms in total. The fourth-order valence-corrected chi connectivity index (χ4v) is 1.77. The molecule has 0 aliphatic carbocycles. The molecule has 1 aromatic heterocycles. The molecule has 0 aliphatic heterocycles. The van der Waals surface area contributed by atoms with E-state index in [-0.39, 0.29) is 5.91 Å². The van der Waals surface area contributed by atoms with Crippen molar-refractivity contribution in [3.63, 3.8) is 0 Å². The molecule has 0 fully saturated rings. The van der Waals surface area contributed by atoms with E-state index in [0.29, 0.717) is 17.4 Å². The Kier molecular flexibility index (Phi) is 4.25. The highest BCUT2D eigenvalue weighted by atomic mass is 32.1. The van der Waals surface area contributed by atoms with Crippen LogP contribution in [0.3, 0.4) is 0 Å². The van der Waals surface area contributed by atoms with Crippen molar-refractivity contribution in [2.24, 2.45) is 0 Å². The van der Waals surface area contributed by atoms with Crippen LogP contribution in [0, 0.1) is 0 Å². The number of hydrogen-bond donors (Lipinski definition) is 3. The fraction of sp³-hybridized carbons (Fsp3) is 0.154. The zero-order chi connectivity index (χ0) is 13.7. The maximum atomic E-state index is 11.9. The van der Waals surface area contributed by atoms with E-state index in [1.807, 2.05) is 37.3 Å². The smallest absolute Gasteiger partial charge is 0.288 e. The van der Waals surface area contributed by atoms with Gasteiger partial charge in [-0.05, 0) is 31.3 Å². The molecular formula is C13H14N4OS. The Morgan fingerprint density at radius 3 is 2.79 bits per heavy atom. The number of rotatable bonds is 2. The van der Waals surface area contributed by atoms with E-state index >= 15 is 0 Å². The first-order chi connectivity index (χ1) is 9.20. The molecule has 1 heterocycles. The number of aromatic nitrogens is 1. The van der Waals surface area contributed by atoms with Crippen molar-refractivity contribution >= 4 is 34.1 Å². The minimum absolute atomic E-state index is 0.328. The van der Waals surface area contributed by atoms with Gasteiger partial charge in [-0.2, -0.15) is 0 Å². The van der Waals surface area contributed by atoms with Gasteiger partial charge in [0.1, 0.15) is 5.69 Å². The molecule has 0 aliphatic rings.